The lowest BCUT2D eigenvalue weighted by molar-refractivity contribution is 0.414. The van der Waals surface area contributed by atoms with Crippen molar-refractivity contribution in [3.8, 4) is 23.0 Å². The zero-order valence-corrected chi connectivity index (χ0v) is 39.0. The maximum atomic E-state index is 7.35. The Labute approximate surface area is 389 Å². The Morgan fingerprint density at radius 1 is 0.364 bits per heavy atom. The van der Waals surface area contributed by atoms with Gasteiger partial charge in [-0.2, -0.15) is 0 Å². The molecular formula is C62H54N2O2. The summed E-state index contributed by atoms with van der Waals surface area (Å²) in [6.45, 7) is 18.9. The minimum absolute atomic E-state index is 0.232. The quantitative estimate of drug-likeness (QED) is 0.176. The van der Waals surface area contributed by atoms with Crippen LogP contribution < -0.4 is 19.3 Å². The molecule has 12 rings (SSSR count). The molecule has 4 nitrogen and oxygen atoms in total. The summed E-state index contributed by atoms with van der Waals surface area (Å²) in [5.41, 5.74) is 17.4. The van der Waals surface area contributed by atoms with E-state index in [4.69, 9.17) is 9.47 Å². The smallest absolute Gasteiger partial charge is 0.156 e. The lowest BCUT2D eigenvalue weighted by atomic mass is 9.67. The third-order valence-corrected chi connectivity index (χ3v) is 15.3. The number of hydrogen-bond donors (Lipinski definition) is 0. The molecule has 4 heteroatoms. The summed E-state index contributed by atoms with van der Waals surface area (Å²) < 4.78 is 14.2. The van der Waals surface area contributed by atoms with Crippen molar-refractivity contribution in [3.05, 3.63) is 225 Å². The van der Waals surface area contributed by atoms with Gasteiger partial charge in [0, 0.05) is 61.0 Å². The first-order valence-electron chi connectivity index (χ1n) is 23.3. The van der Waals surface area contributed by atoms with Gasteiger partial charge in [0.1, 0.15) is 17.2 Å². The first-order valence-corrected chi connectivity index (χ1v) is 23.3. The second-order valence-electron chi connectivity index (χ2n) is 20.6. The Morgan fingerprint density at radius 2 is 0.909 bits per heavy atom. The average molecular weight is 859 g/mol. The summed E-state index contributed by atoms with van der Waals surface area (Å²) in [5.74, 6) is 3.64. The normalized spacial score (nSPS) is 16.8. The molecule has 0 bridgehead atoms. The molecule has 0 spiro atoms. The average Bonchev–Trinajstić information content (AvgIpc) is 3.42. The fourth-order valence-electron chi connectivity index (χ4n) is 11.8. The first kappa shape index (κ1) is 40.2. The molecule has 8 aromatic carbocycles. The van der Waals surface area contributed by atoms with Gasteiger partial charge in [-0.15, -0.1) is 0 Å². The van der Waals surface area contributed by atoms with E-state index in [1.165, 1.54) is 55.6 Å². The maximum absolute atomic E-state index is 7.35. The zero-order chi connectivity index (χ0) is 45.3. The highest BCUT2D eigenvalue weighted by atomic mass is 16.5. The lowest BCUT2D eigenvalue weighted by Gasteiger charge is -2.45. The van der Waals surface area contributed by atoms with Crippen LogP contribution in [0.25, 0.3) is 12.2 Å². The summed E-state index contributed by atoms with van der Waals surface area (Å²) in [6.07, 6.45) is 4.72. The number of benzene rings is 8. The van der Waals surface area contributed by atoms with Crippen LogP contribution in [0.5, 0.6) is 23.0 Å². The SMILES string of the molecule is CC1(C)c2ccccc2Oc2cc3c(cc21)C=Cc1c(cc(N2c4ccccc4C(C)(C)c4cc(N(c5ccccc5)c5ccccc5)ccc42)c2c1C(C)(C)c1ccccc1O2)C3(C)C. The predicted octanol–water partition coefficient (Wildman–Crippen LogP) is 16.9. The van der Waals surface area contributed by atoms with Crippen LogP contribution in [0.4, 0.5) is 34.1 Å². The van der Waals surface area contributed by atoms with Crippen molar-refractivity contribution in [1.82, 2.24) is 0 Å². The van der Waals surface area contributed by atoms with E-state index in [9.17, 15) is 0 Å². The van der Waals surface area contributed by atoms with Gasteiger partial charge in [0.05, 0.1) is 17.1 Å². The Morgan fingerprint density at radius 3 is 1.59 bits per heavy atom. The summed E-state index contributed by atoms with van der Waals surface area (Å²) >= 11 is 0. The molecule has 0 N–H and O–H groups in total. The second kappa shape index (κ2) is 14.1. The molecule has 3 aliphatic heterocycles. The van der Waals surface area contributed by atoms with Gasteiger partial charge in [0.25, 0.3) is 0 Å². The lowest BCUT2D eigenvalue weighted by Crippen LogP contribution is -2.33. The summed E-state index contributed by atoms with van der Waals surface area (Å²) in [5, 5.41) is 0. The first-order chi connectivity index (χ1) is 31.8. The number of rotatable bonds is 4. The third kappa shape index (κ3) is 5.70. The molecule has 0 saturated carbocycles. The van der Waals surface area contributed by atoms with Crippen molar-refractivity contribution in [1.29, 1.82) is 0 Å². The van der Waals surface area contributed by atoms with E-state index in [0.717, 1.165) is 57.1 Å². The molecule has 0 radical (unpaired) electrons. The molecule has 1 aliphatic carbocycles. The number of nitrogens with zero attached hydrogens (tertiary/aromatic N) is 2. The van der Waals surface area contributed by atoms with Gasteiger partial charge in [-0.3, -0.25) is 0 Å². The zero-order valence-electron chi connectivity index (χ0n) is 39.0. The topological polar surface area (TPSA) is 24.9 Å². The third-order valence-electron chi connectivity index (χ3n) is 15.3. The summed E-state index contributed by atoms with van der Waals surface area (Å²) in [4.78, 5) is 4.86. The highest BCUT2D eigenvalue weighted by molar-refractivity contribution is 5.94. The minimum atomic E-state index is -0.447. The van der Waals surface area contributed by atoms with Crippen molar-refractivity contribution in [2.75, 3.05) is 9.80 Å². The second-order valence-corrected chi connectivity index (χ2v) is 20.6. The van der Waals surface area contributed by atoms with Gasteiger partial charge in [-0.05, 0) is 112 Å². The van der Waals surface area contributed by atoms with E-state index in [1.54, 1.807) is 0 Å². The van der Waals surface area contributed by atoms with Crippen LogP contribution in [-0.4, -0.2) is 0 Å². The van der Waals surface area contributed by atoms with Crippen molar-refractivity contribution in [2.24, 2.45) is 0 Å². The van der Waals surface area contributed by atoms with Gasteiger partial charge in [0.15, 0.2) is 5.75 Å². The van der Waals surface area contributed by atoms with E-state index in [2.05, 4.69) is 247 Å². The van der Waals surface area contributed by atoms with E-state index in [-0.39, 0.29) is 10.8 Å². The maximum Gasteiger partial charge on any atom is 0.156 e. The highest BCUT2D eigenvalue weighted by Gasteiger charge is 2.46. The van der Waals surface area contributed by atoms with Crippen LogP contribution in [0, 0.1) is 0 Å². The van der Waals surface area contributed by atoms with Gasteiger partial charge in [-0.1, -0.05) is 159 Å². The molecule has 0 fully saturated rings. The highest BCUT2D eigenvalue weighted by Crippen LogP contribution is 2.62. The van der Waals surface area contributed by atoms with Crippen LogP contribution in [0.1, 0.15) is 111 Å². The van der Waals surface area contributed by atoms with Gasteiger partial charge in [-0.25, -0.2) is 0 Å². The number of anilines is 6. The van der Waals surface area contributed by atoms with Gasteiger partial charge >= 0.3 is 0 Å². The molecule has 0 saturated heterocycles. The van der Waals surface area contributed by atoms with E-state index in [1.807, 2.05) is 0 Å². The Hall–Kier alpha value is -7.30. The summed E-state index contributed by atoms with van der Waals surface area (Å²) in [6, 6.07) is 61.6. The number of para-hydroxylation sites is 5. The predicted molar refractivity (Wildman–Crippen MR) is 273 cm³/mol. The van der Waals surface area contributed by atoms with Crippen LogP contribution in [0.15, 0.2) is 170 Å². The number of fused-ring (bicyclic) bond motifs is 9. The fraction of sp³-hybridized carbons (Fsp3) is 0.194. The summed E-state index contributed by atoms with van der Waals surface area (Å²) in [7, 11) is 0. The molecule has 0 amide bonds. The van der Waals surface area contributed by atoms with Gasteiger partial charge < -0.3 is 19.3 Å². The minimum Gasteiger partial charge on any atom is -0.457 e. The van der Waals surface area contributed by atoms with Crippen LogP contribution in [0.3, 0.4) is 0 Å². The molecule has 0 atom stereocenters. The van der Waals surface area contributed by atoms with Crippen LogP contribution >= 0.6 is 0 Å². The van der Waals surface area contributed by atoms with Crippen molar-refractivity contribution >= 4 is 46.3 Å². The number of hydrogen-bond acceptors (Lipinski definition) is 4. The standard InChI is InChI=1S/C62H54N2O2/c1-59(2)44-25-15-18-28-51(44)64(52-34-32-42(36-49(52)59)63(40-21-11-9-12-22-40)41-23-13-10-14-24-41)53-37-48-43(57-58(53)66-55-30-20-17-27-46(55)62(57,7)8)33-31-39-35-50-56(38-47(39)61(48,5)6)65-54-29-19-16-26-45(54)60(50,3)4/h9-38H,1-8H3. The molecule has 8 aromatic rings. The Kier molecular flexibility index (Phi) is 8.59. The molecule has 66 heavy (non-hydrogen) atoms. The molecule has 0 aromatic heterocycles. The van der Waals surface area contributed by atoms with E-state index >= 15 is 0 Å². The Balaban J connectivity index is 1.12. The van der Waals surface area contributed by atoms with Crippen LogP contribution in [-0.2, 0) is 21.7 Å². The molecular weight excluding hydrogens is 805 g/mol. The number of ether oxygens (including phenoxy) is 2. The van der Waals surface area contributed by atoms with Gasteiger partial charge in [0.2, 0.25) is 0 Å². The van der Waals surface area contributed by atoms with E-state index in [0.29, 0.717) is 0 Å². The molecule has 324 valence electrons. The van der Waals surface area contributed by atoms with E-state index < -0.39 is 10.8 Å². The molecule has 4 aliphatic rings. The van der Waals surface area contributed by atoms with Crippen LogP contribution in [0.2, 0.25) is 0 Å². The van der Waals surface area contributed by atoms with Crippen molar-refractivity contribution < 1.29 is 9.47 Å². The fourth-order valence-corrected chi connectivity index (χ4v) is 11.8. The molecule has 0 unspecified atom stereocenters. The monoisotopic (exact) mass is 858 g/mol. The molecule has 3 heterocycles. The Bertz CT molecular complexity index is 3280. The van der Waals surface area contributed by atoms with Crippen molar-refractivity contribution in [2.45, 2.75) is 77.0 Å². The largest absolute Gasteiger partial charge is 0.457 e. The van der Waals surface area contributed by atoms with Crippen molar-refractivity contribution in [3.63, 3.8) is 0 Å².